The number of hydrogen-bond acceptors (Lipinski definition) is 4. The summed E-state index contributed by atoms with van der Waals surface area (Å²) in [6.07, 6.45) is 1.30. The highest BCUT2D eigenvalue weighted by Gasteiger charge is 2.28. The van der Waals surface area contributed by atoms with Crippen LogP contribution in [0.15, 0.2) is 0 Å². The van der Waals surface area contributed by atoms with E-state index < -0.39 is 10.0 Å². The van der Waals surface area contributed by atoms with Crippen LogP contribution in [0.5, 0.6) is 0 Å². The van der Waals surface area contributed by atoms with E-state index in [1.165, 1.54) is 6.26 Å². The van der Waals surface area contributed by atoms with Crippen LogP contribution in [-0.4, -0.2) is 69.7 Å². The molecule has 2 aliphatic heterocycles. The van der Waals surface area contributed by atoms with Crippen molar-refractivity contribution in [1.29, 1.82) is 0 Å². The molecule has 2 rings (SSSR count). The molecule has 100 valence electrons. The molecular formula is C11H23N3O2S. The molecule has 1 atom stereocenters. The van der Waals surface area contributed by atoms with Gasteiger partial charge in [-0.15, -0.1) is 0 Å². The number of sulfonamides is 1. The first kappa shape index (κ1) is 13.3. The molecule has 1 unspecified atom stereocenters. The minimum Gasteiger partial charge on any atom is -0.316 e. The molecule has 0 aliphatic carbocycles. The van der Waals surface area contributed by atoms with Gasteiger partial charge in [-0.25, -0.2) is 8.42 Å². The molecule has 2 aliphatic rings. The van der Waals surface area contributed by atoms with E-state index in [2.05, 4.69) is 17.1 Å². The van der Waals surface area contributed by atoms with E-state index in [1.807, 2.05) is 0 Å². The molecule has 0 spiro atoms. The summed E-state index contributed by atoms with van der Waals surface area (Å²) >= 11 is 0. The van der Waals surface area contributed by atoms with Crippen molar-refractivity contribution >= 4 is 10.0 Å². The second-order valence-electron chi connectivity index (χ2n) is 5.36. The number of nitrogens with one attached hydrogen (secondary N) is 1. The monoisotopic (exact) mass is 261 g/mol. The summed E-state index contributed by atoms with van der Waals surface area (Å²) in [5.41, 5.74) is 0. The van der Waals surface area contributed by atoms with Gasteiger partial charge in [-0.3, -0.25) is 0 Å². The summed E-state index contributed by atoms with van der Waals surface area (Å²) in [6.45, 7) is 8.73. The van der Waals surface area contributed by atoms with Gasteiger partial charge in [-0.05, 0) is 24.9 Å². The highest BCUT2D eigenvalue weighted by Crippen LogP contribution is 2.18. The maximum Gasteiger partial charge on any atom is 0.211 e. The van der Waals surface area contributed by atoms with Gasteiger partial charge < -0.3 is 10.2 Å². The van der Waals surface area contributed by atoms with Crippen molar-refractivity contribution in [3.8, 4) is 0 Å². The average Bonchev–Trinajstić information content (AvgIpc) is 2.13. The Balaban J connectivity index is 1.75. The standard InChI is InChI=1S/C11H23N3O2S/c1-10(11-7-12-8-11)9-13-3-5-14(6-4-13)17(2,15)16/h10-12H,3-9H2,1-2H3. The highest BCUT2D eigenvalue weighted by molar-refractivity contribution is 7.88. The molecular weight excluding hydrogens is 238 g/mol. The van der Waals surface area contributed by atoms with Crippen LogP contribution in [0.1, 0.15) is 6.92 Å². The third kappa shape index (κ3) is 3.40. The third-order valence-corrected chi connectivity index (χ3v) is 5.27. The summed E-state index contributed by atoms with van der Waals surface area (Å²) in [7, 11) is -2.99. The van der Waals surface area contributed by atoms with Crippen LogP contribution in [0.3, 0.4) is 0 Å². The molecule has 0 saturated carbocycles. The van der Waals surface area contributed by atoms with Gasteiger partial charge in [-0.2, -0.15) is 4.31 Å². The van der Waals surface area contributed by atoms with Gasteiger partial charge in [-0.1, -0.05) is 6.92 Å². The predicted octanol–water partition coefficient (Wildman–Crippen LogP) is -0.581. The quantitative estimate of drug-likeness (QED) is 0.736. The van der Waals surface area contributed by atoms with Crippen molar-refractivity contribution < 1.29 is 8.42 Å². The van der Waals surface area contributed by atoms with Crippen molar-refractivity contribution in [3.63, 3.8) is 0 Å². The lowest BCUT2D eigenvalue weighted by molar-refractivity contribution is 0.132. The van der Waals surface area contributed by atoms with Crippen molar-refractivity contribution in [2.45, 2.75) is 6.92 Å². The zero-order valence-corrected chi connectivity index (χ0v) is 11.5. The Kier molecular flexibility index (Phi) is 4.07. The van der Waals surface area contributed by atoms with Gasteiger partial charge in [0.1, 0.15) is 0 Å². The molecule has 1 N–H and O–H groups in total. The van der Waals surface area contributed by atoms with Gasteiger partial charge in [0.15, 0.2) is 0 Å². The van der Waals surface area contributed by atoms with Gasteiger partial charge in [0.05, 0.1) is 6.26 Å². The summed E-state index contributed by atoms with van der Waals surface area (Å²) < 4.78 is 24.3. The topological polar surface area (TPSA) is 52.7 Å². The fourth-order valence-electron chi connectivity index (χ4n) is 2.51. The normalized spacial score (nSPS) is 26.7. The average molecular weight is 261 g/mol. The van der Waals surface area contributed by atoms with E-state index in [9.17, 15) is 8.42 Å². The van der Waals surface area contributed by atoms with Crippen LogP contribution in [0.25, 0.3) is 0 Å². The van der Waals surface area contributed by atoms with Crippen LogP contribution >= 0.6 is 0 Å². The maximum absolute atomic E-state index is 11.4. The first-order chi connectivity index (χ1) is 7.97. The molecule has 0 aromatic heterocycles. The fraction of sp³-hybridized carbons (Fsp3) is 1.00. The van der Waals surface area contributed by atoms with Gasteiger partial charge >= 0.3 is 0 Å². The van der Waals surface area contributed by atoms with E-state index in [1.54, 1.807) is 4.31 Å². The number of rotatable bonds is 4. The third-order valence-electron chi connectivity index (χ3n) is 3.96. The van der Waals surface area contributed by atoms with Crippen LogP contribution in [-0.2, 0) is 10.0 Å². The molecule has 0 aromatic rings. The summed E-state index contributed by atoms with van der Waals surface area (Å²) in [6, 6.07) is 0. The largest absolute Gasteiger partial charge is 0.316 e. The Morgan fingerprint density at radius 3 is 2.24 bits per heavy atom. The smallest absolute Gasteiger partial charge is 0.211 e. The van der Waals surface area contributed by atoms with Crippen LogP contribution in [0.2, 0.25) is 0 Å². The molecule has 2 fully saturated rings. The highest BCUT2D eigenvalue weighted by atomic mass is 32.2. The first-order valence-corrected chi connectivity index (χ1v) is 8.20. The Bertz CT molecular complexity index is 346. The molecule has 0 aromatic carbocycles. The Morgan fingerprint density at radius 2 is 1.82 bits per heavy atom. The van der Waals surface area contributed by atoms with Crippen molar-refractivity contribution in [2.24, 2.45) is 11.8 Å². The van der Waals surface area contributed by atoms with E-state index in [4.69, 9.17) is 0 Å². The van der Waals surface area contributed by atoms with E-state index >= 15 is 0 Å². The zero-order valence-electron chi connectivity index (χ0n) is 10.7. The van der Waals surface area contributed by atoms with Crippen LogP contribution < -0.4 is 5.32 Å². The Hall–Kier alpha value is -0.170. The zero-order chi connectivity index (χ0) is 12.5. The predicted molar refractivity (Wildman–Crippen MR) is 68.4 cm³/mol. The van der Waals surface area contributed by atoms with E-state index in [0.717, 1.165) is 38.6 Å². The van der Waals surface area contributed by atoms with Crippen molar-refractivity contribution in [3.05, 3.63) is 0 Å². The molecule has 0 bridgehead atoms. The van der Waals surface area contributed by atoms with Crippen LogP contribution in [0.4, 0.5) is 0 Å². The lowest BCUT2D eigenvalue weighted by Gasteiger charge is -2.38. The number of hydrogen-bond donors (Lipinski definition) is 1. The molecule has 0 amide bonds. The number of nitrogens with zero attached hydrogens (tertiary/aromatic N) is 2. The van der Waals surface area contributed by atoms with Gasteiger partial charge in [0.2, 0.25) is 10.0 Å². The Labute approximate surface area is 104 Å². The lowest BCUT2D eigenvalue weighted by Crippen LogP contribution is -2.52. The molecule has 6 heteroatoms. The number of piperazine rings is 1. The SMILES string of the molecule is CC(CN1CCN(S(C)(=O)=O)CC1)C1CNC1. The van der Waals surface area contributed by atoms with Gasteiger partial charge in [0.25, 0.3) is 0 Å². The molecule has 17 heavy (non-hydrogen) atoms. The summed E-state index contributed by atoms with van der Waals surface area (Å²) in [5, 5.41) is 3.30. The maximum atomic E-state index is 11.4. The summed E-state index contributed by atoms with van der Waals surface area (Å²) in [4.78, 5) is 2.39. The fourth-order valence-corrected chi connectivity index (χ4v) is 3.34. The van der Waals surface area contributed by atoms with E-state index in [-0.39, 0.29) is 0 Å². The second-order valence-corrected chi connectivity index (χ2v) is 7.34. The second kappa shape index (κ2) is 5.22. The van der Waals surface area contributed by atoms with Gasteiger partial charge in [0, 0.05) is 32.7 Å². The van der Waals surface area contributed by atoms with Crippen molar-refractivity contribution in [2.75, 3.05) is 52.1 Å². The van der Waals surface area contributed by atoms with Crippen molar-refractivity contribution in [1.82, 2.24) is 14.5 Å². The minimum absolute atomic E-state index is 0.647. The first-order valence-electron chi connectivity index (χ1n) is 6.35. The molecule has 2 saturated heterocycles. The van der Waals surface area contributed by atoms with E-state index in [0.29, 0.717) is 19.0 Å². The molecule has 2 heterocycles. The molecule has 0 radical (unpaired) electrons. The molecule has 5 nitrogen and oxygen atoms in total. The van der Waals surface area contributed by atoms with Crippen LogP contribution in [0, 0.1) is 11.8 Å². The Morgan fingerprint density at radius 1 is 1.24 bits per heavy atom. The lowest BCUT2D eigenvalue weighted by atomic mass is 9.88. The summed E-state index contributed by atoms with van der Waals surface area (Å²) in [5.74, 6) is 1.52. The minimum atomic E-state index is -2.99.